The Bertz CT molecular complexity index is 908. The Balaban J connectivity index is 1.71. The monoisotopic (exact) mass is 364 g/mol. The van der Waals surface area contributed by atoms with Crippen molar-refractivity contribution in [3.8, 4) is 11.4 Å². The molecule has 0 aliphatic heterocycles. The number of hydrazine groups is 1. The van der Waals surface area contributed by atoms with Crippen molar-refractivity contribution in [3.05, 3.63) is 66.2 Å². The van der Waals surface area contributed by atoms with Crippen LogP contribution in [-0.4, -0.2) is 32.0 Å². The number of hydrogen-bond acceptors (Lipinski definition) is 5. The van der Waals surface area contributed by atoms with Crippen LogP contribution in [0.2, 0.25) is 0 Å². The van der Waals surface area contributed by atoms with E-state index < -0.39 is 17.9 Å². The lowest BCUT2D eigenvalue weighted by molar-refractivity contribution is -0.127. The Morgan fingerprint density at radius 2 is 1.56 bits per heavy atom. The highest BCUT2D eigenvalue weighted by atomic mass is 16.2. The van der Waals surface area contributed by atoms with E-state index >= 15 is 0 Å². The first-order valence-electron chi connectivity index (χ1n) is 8.56. The van der Waals surface area contributed by atoms with E-state index in [-0.39, 0.29) is 5.92 Å². The van der Waals surface area contributed by atoms with Crippen LogP contribution in [0.1, 0.15) is 30.2 Å². The third-order valence-corrected chi connectivity index (χ3v) is 3.94. The van der Waals surface area contributed by atoms with Crippen LogP contribution in [0.5, 0.6) is 0 Å². The van der Waals surface area contributed by atoms with Crippen LogP contribution in [-0.2, 0) is 4.79 Å². The quantitative estimate of drug-likeness (QED) is 0.674. The standard InChI is InChI=1S/C19H20N6O2/c1-13(2)16(19(27)22-21-18(26)15-11-7-4-8-12-15)25-23-17(20-24-25)14-9-5-3-6-10-14/h3-13,16H,1-2H3,(H,21,26)(H,22,27). The van der Waals surface area contributed by atoms with Gasteiger partial charge in [0.15, 0.2) is 6.04 Å². The summed E-state index contributed by atoms with van der Waals surface area (Å²) >= 11 is 0. The van der Waals surface area contributed by atoms with Gasteiger partial charge in [-0.1, -0.05) is 62.4 Å². The van der Waals surface area contributed by atoms with Gasteiger partial charge in [0, 0.05) is 11.1 Å². The van der Waals surface area contributed by atoms with Gasteiger partial charge in [-0.05, 0) is 23.3 Å². The molecule has 1 unspecified atom stereocenters. The molecule has 0 bridgehead atoms. The third kappa shape index (κ3) is 4.35. The number of nitrogens with one attached hydrogen (secondary N) is 2. The van der Waals surface area contributed by atoms with E-state index in [1.165, 1.54) is 4.80 Å². The normalized spacial score (nSPS) is 11.8. The van der Waals surface area contributed by atoms with Crippen molar-refractivity contribution in [1.82, 2.24) is 31.1 Å². The topological polar surface area (TPSA) is 102 Å². The molecule has 0 radical (unpaired) electrons. The molecule has 1 heterocycles. The van der Waals surface area contributed by atoms with E-state index in [9.17, 15) is 9.59 Å². The molecule has 8 heteroatoms. The highest BCUT2D eigenvalue weighted by Gasteiger charge is 2.27. The number of nitrogens with zero attached hydrogens (tertiary/aromatic N) is 4. The predicted molar refractivity (Wildman–Crippen MR) is 99.2 cm³/mol. The molecule has 0 aliphatic carbocycles. The lowest BCUT2D eigenvalue weighted by Gasteiger charge is -2.19. The second-order valence-electron chi connectivity index (χ2n) is 6.30. The maximum absolute atomic E-state index is 12.6. The number of hydrogen-bond donors (Lipinski definition) is 2. The predicted octanol–water partition coefficient (Wildman–Crippen LogP) is 2.00. The zero-order valence-electron chi connectivity index (χ0n) is 15.0. The van der Waals surface area contributed by atoms with Gasteiger partial charge in [0.2, 0.25) is 5.82 Å². The molecule has 3 aromatic rings. The van der Waals surface area contributed by atoms with Crippen molar-refractivity contribution in [1.29, 1.82) is 0 Å². The fourth-order valence-corrected chi connectivity index (χ4v) is 2.57. The molecule has 27 heavy (non-hydrogen) atoms. The van der Waals surface area contributed by atoms with Crippen LogP contribution in [0.25, 0.3) is 11.4 Å². The number of carbonyl (C=O) groups excluding carboxylic acids is 2. The largest absolute Gasteiger partial charge is 0.271 e. The van der Waals surface area contributed by atoms with Gasteiger partial charge in [0.1, 0.15) is 0 Å². The van der Waals surface area contributed by atoms with Gasteiger partial charge in [0.05, 0.1) is 0 Å². The number of tetrazole rings is 1. The van der Waals surface area contributed by atoms with E-state index in [0.717, 1.165) is 5.56 Å². The van der Waals surface area contributed by atoms with Gasteiger partial charge < -0.3 is 0 Å². The molecule has 2 amide bonds. The smallest absolute Gasteiger partial charge is 0.269 e. The molecule has 1 aromatic heterocycles. The lowest BCUT2D eigenvalue weighted by Crippen LogP contribution is -2.46. The van der Waals surface area contributed by atoms with Gasteiger partial charge in [0.25, 0.3) is 11.8 Å². The summed E-state index contributed by atoms with van der Waals surface area (Å²) in [5.41, 5.74) is 6.11. The third-order valence-electron chi connectivity index (χ3n) is 3.94. The minimum absolute atomic E-state index is 0.114. The molecule has 0 saturated heterocycles. The summed E-state index contributed by atoms with van der Waals surface area (Å²) in [6.45, 7) is 3.74. The van der Waals surface area contributed by atoms with Crippen LogP contribution in [0.15, 0.2) is 60.7 Å². The lowest BCUT2D eigenvalue weighted by atomic mass is 10.0. The first-order valence-corrected chi connectivity index (χ1v) is 8.56. The maximum Gasteiger partial charge on any atom is 0.269 e. The second-order valence-corrected chi connectivity index (χ2v) is 6.30. The Kier molecular flexibility index (Phi) is 5.55. The summed E-state index contributed by atoms with van der Waals surface area (Å²) in [7, 11) is 0. The summed E-state index contributed by atoms with van der Waals surface area (Å²) in [6, 6.07) is 17.3. The average molecular weight is 364 g/mol. The van der Waals surface area contributed by atoms with Crippen LogP contribution in [0.3, 0.4) is 0 Å². The Labute approximate surface area is 156 Å². The number of rotatable bonds is 5. The minimum atomic E-state index is -0.717. The van der Waals surface area contributed by atoms with E-state index in [2.05, 4.69) is 26.3 Å². The second kappa shape index (κ2) is 8.22. The van der Waals surface area contributed by atoms with Crippen molar-refractivity contribution >= 4 is 11.8 Å². The molecule has 0 fully saturated rings. The first-order chi connectivity index (χ1) is 13.1. The highest BCUT2D eigenvalue weighted by Crippen LogP contribution is 2.18. The van der Waals surface area contributed by atoms with Crippen molar-refractivity contribution in [2.45, 2.75) is 19.9 Å². The minimum Gasteiger partial charge on any atom is -0.271 e. The number of benzene rings is 2. The zero-order chi connectivity index (χ0) is 19.2. The fourth-order valence-electron chi connectivity index (χ4n) is 2.57. The molecule has 0 saturated carbocycles. The van der Waals surface area contributed by atoms with Crippen LogP contribution in [0, 0.1) is 5.92 Å². The maximum atomic E-state index is 12.6. The molecular weight excluding hydrogens is 344 g/mol. The van der Waals surface area contributed by atoms with Crippen molar-refractivity contribution in [2.75, 3.05) is 0 Å². The number of carbonyl (C=O) groups is 2. The molecule has 8 nitrogen and oxygen atoms in total. The number of aromatic nitrogens is 4. The van der Waals surface area contributed by atoms with E-state index in [0.29, 0.717) is 11.4 Å². The molecule has 3 rings (SSSR count). The van der Waals surface area contributed by atoms with Gasteiger partial charge in [-0.25, -0.2) is 0 Å². The van der Waals surface area contributed by atoms with Gasteiger partial charge in [-0.3, -0.25) is 20.4 Å². The molecule has 138 valence electrons. The molecule has 2 N–H and O–H groups in total. The summed E-state index contributed by atoms with van der Waals surface area (Å²) in [5, 5.41) is 12.4. The molecule has 0 spiro atoms. The van der Waals surface area contributed by atoms with Crippen LogP contribution >= 0.6 is 0 Å². The van der Waals surface area contributed by atoms with Crippen molar-refractivity contribution in [3.63, 3.8) is 0 Å². The molecule has 0 aliphatic rings. The average Bonchev–Trinajstić information content (AvgIpc) is 3.17. The SMILES string of the molecule is CC(C)C(C(=O)NNC(=O)c1ccccc1)n1nnc(-c2ccccc2)n1. The molecule has 1 atom stereocenters. The highest BCUT2D eigenvalue weighted by molar-refractivity contribution is 5.95. The van der Waals surface area contributed by atoms with Crippen LogP contribution in [0.4, 0.5) is 0 Å². The van der Waals surface area contributed by atoms with Gasteiger partial charge >= 0.3 is 0 Å². The summed E-state index contributed by atoms with van der Waals surface area (Å²) in [5.74, 6) is -0.506. The Morgan fingerprint density at radius 1 is 0.926 bits per heavy atom. The zero-order valence-corrected chi connectivity index (χ0v) is 15.0. The Morgan fingerprint density at radius 3 is 2.19 bits per heavy atom. The van der Waals surface area contributed by atoms with E-state index in [4.69, 9.17) is 0 Å². The fraction of sp³-hybridized carbons (Fsp3) is 0.211. The van der Waals surface area contributed by atoms with Gasteiger partial charge in [-0.15, -0.1) is 10.2 Å². The molecular formula is C19H20N6O2. The summed E-state index contributed by atoms with van der Waals surface area (Å²) in [4.78, 5) is 26.0. The van der Waals surface area contributed by atoms with Crippen LogP contribution < -0.4 is 10.9 Å². The van der Waals surface area contributed by atoms with Crippen molar-refractivity contribution in [2.24, 2.45) is 5.92 Å². The Hall–Kier alpha value is -3.55. The van der Waals surface area contributed by atoms with E-state index in [1.807, 2.05) is 50.2 Å². The molecule has 2 aromatic carbocycles. The number of amides is 2. The summed E-state index contributed by atoms with van der Waals surface area (Å²) < 4.78 is 0. The van der Waals surface area contributed by atoms with Gasteiger partial charge in [-0.2, -0.15) is 4.80 Å². The van der Waals surface area contributed by atoms with Crippen molar-refractivity contribution < 1.29 is 9.59 Å². The van der Waals surface area contributed by atoms with E-state index in [1.54, 1.807) is 24.3 Å². The summed E-state index contributed by atoms with van der Waals surface area (Å²) in [6.07, 6.45) is 0. The first kappa shape index (κ1) is 18.2.